The number of nitrogens with one attached hydrogen (secondary N) is 1. The maximum absolute atomic E-state index is 10.7. The highest BCUT2D eigenvalue weighted by molar-refractivity contribution is 5.53. The lowest BCUT2D eigenvalue weighted by atomic mass is 10.2. The normalized spacial score (nSPS) is 9.50. The summed E-state index contributed by atoms with van der Waals surface area (Å²) in [6.07, 6.45) is 0. The van der Waals surface area contributed by atoms with Crippen LogP contribution < -0.4 is 5.76 Å². The van der Waals surface area contributed by atoms with E-state index in [1.54, 1.807) is 0 Å². The van der Waals surface area contributed by atoms with E-state index in [4.69, 9.17) is 0 Å². The van der Waals surface area contributed by atoms with Gasteiger partial charge in [-0.1, -0.05) is 25.1 Å². The van der Waals surface area contributed by atoms with E-state index in [2.05, 4.69) is 19.6 Å². The van der Waals surface area contributed by atoms with Crippen LogP contribution >= 0.6 is 0 Å². The van der Waals surface area contributed by atoms with Gasteiger partial charge in [-0.2, -0.15) is 0 Å². The van der Waals surface area contributed by atoms with Crippen LogP contribution in [0.3, 0.4) is 0 Å². The topological polar surface area (TPSA) is 71.8 Å². The minimum atomic E-state index is -0.567. The monoisotopic (exact) mass is 221 g/mol. The van der Waals surface area contributed by atoms with Crippen LogP contribution in [-0.4, -0.2) is 15.1 Å². The molecule has 2 aromatic rings. The Morgan fingerprint density at radius 1 is 1.25 bits per heavy atom. The molecule has 0 saturated heterocycles. The van der Waals surface area contributed by atoms with Gasteiger partial charge in [0.1, 0.15) is 5.69 Å². The number of aromatic amines is 1. The molecule has 2 aromatic heterocycles. The summed E-state index contributed by atoms with van der Waals surface area (Å²) in [5.41, 5.74) is 2.46. The lowest BCUT2D eigenvalue weighted by Gasteiger charge is -2.00. The third-order valence-corrected chi connectivity index (χ3v) is 1.90. The van der Waals surface area contributed by atoms with E-state index in [9.17, 15) is 4.79 Å². The van der Waals surface area contributed by atoms with Gasteiger partial charge in [-0.3, -0.25) is 9.51 Å². The van der Waals surface area contributed by atoms with Crippen molar-refractivity contribution in [2.24, 2.45) is 0 Å². The Bertz CT molecular complexity index is 514. The molecule has 1 N–H and O–H groups in total. The molecule has 0 aliphatic carbocycles. The molecule has 2 rings (SSSR count). The molecule has 0 spiro atoms. The first-order valence-corrected chi connectivity index (χ1v) is 5.17. The summed E-state index contributed by atoms with van der Waals surface area (Å²) in [5.74, 6) is -0.195. The fourth-order valence-corrected chi connectivity index (χ4v) is 1.20. The van der Waals surface area contributed by atoms with Gasteiger partial charge in [-0.25, -0.2) is 9.78 Å². The standard InChI is InChI=1S/C9H9N3O2.C2H6/c1-5-3-4-6(2)10-7(5)8-11-9(13)14-12-8;1-2/h3-4H,1-2H3,(H,11,12,13);1-2H3. The summed E-state index contributed by atoms with van der Waals surface area (Å²) in [6, 6.07) is 3.82. The molecule has 0 atom stereocenters. The van der Waals surface area contributed by atoms with Crippen LogP contribution in [-0.2, 0) is 0 Å². The number of rotatable bonds is 1. The van der Waals surface area contributed by atoms with Gasteiger partial charge in [0.25, 0.3) is 0 Å². The molecule has 0 aliphatic heterocycles. The fraction of sp³-hybridized carbons (Fsp3) is 0.364. The van der Waals surface area contributed by atoms with Crippen LogP contribution in [0.2, 0.25) is 0 Å². The molecule has 0 unspecified atom stereocenters. The fourth-order valence-electron chi connectivity index (χ4n) is 1.20. The van der Waals surface area contributed by atoms with Crippen LogP contribution in [0.15, 0.2) is 21.5 Å². The van der Waals surface area contributed by atoms with Crippen LogP contribution in [0.1, 0.15) is 25.1 Å². The number of H-pyrrole nitrogens is 1. The molecule has 0 amide bonds. The number of pyridine rings is 1. The van der Waals surface area contributed by atoms with E-state index in [0.29, 0.717) is 11.5 Å². The van der Waals surface area contributed by atoms with Gasteiger partial charge in [0, 0.05) is 5.69 Å². The second kappa shape index (κ2) is 5.25. The molecule has 0 bridgehead atoms. The van der Waals surface area contributed by atoms with Gasteiger partial charge in [-0.15, -0.1) is 0 Å². The van der Waals surface area contributed by atoms with Gasteiger partial charge in [0.15, 0.2) is 0 Å². The predicted octanol–water partition coefficient (Wildman–Crippen LogP) is 2.07. The van der Waals surface area contributed by atoms with Gasteiger partial charge in [0.2, 0.25) is 5.82 Å². The molecule has 86 valence electrons. The lowest BCUT2D eigenvalue weighted by molar-refractivity contribution is 0.387. The number of aromatic nitrogens is 3. The minimum Gasteiger partial charge on any atom is -0.296 e. The largest absolute Gasteiger partial charge is 0.439 e. The Kier molecular flexibility index (Phi) is 3.99. The maximum atomic E-state index is 10.7. The summed E-state index contributed by atoms with van der Waals surface area (Å²) in [7, 11) is 0. The van der Waals surface area contributed by atoms with Crippen molar-refractivity contribution in [2.45, 2.75) is 27.7 Å². The van der Waals surface area contributed by atoms with Crippen molar-refractivity contribution in [2.75, 3.05) is 0 Å². The molecule has 16 heavy (non-hydrogen) atoms. The summed E-state index contributed by atoms with van der Waals surface area (Å²) in [4.78, 5) is 17.5. The first-order chi connectivity index (χ1) is 7.66. The Balaban J connectivity index is 0.000000606. The quantitative estimate of drug-likeness (QED) is 0.800. The Hall–Kier alpha value is -1.91. The maximum Gasteiger partial charge on any atom is 0.439 e. The van der Waals surface area contributed by atoms with Crippen LogP contribution in [0, 0.1) is 13.8 Å². The predicted molar refractivity (Wildman–Crippen MR) is 61.2 cm³/mol. The number of nitrogens with zero attached hydrogens (tertiary/aromatic N) is 2. The third-order valence-electron chi connectivity index (χ3n) is 1.90. The lowest BCUT2D eigenvalue weighted by Crippen LogP contribution is -1.97. The van der Waals surface area contributed by atoms with E-state index in [0.717, 1.165) is 11.3 Å². The number of aryl methyl sites for hydroxylation is 2. The van der Waals surface area contributed by atoms with Gasteiger partial charge < -0.3 is 0 Å². The van der Waals surface area contributed by atoms with E-state index < -0.39 is 5.76 Å². The Morgan fingerprint density at radius 3 is 2.50 bits per heavy atom. The van der Waals surface area contributed by atoms with E-state index in [1.165, 1.54) is 0 Å². The average molecular weight is 221 g/mol. The van der Waals surface area contributed by atoms with Crippen molar-refractivity contribution in [3.8, 4) is 11.5 Å². The number of hydrogen-bond donors (Lipinski definition) is 1. The summed E-state index contributed by atoms with van der Waals surface area (Å²) in [6.45, 7) is 7.77. The van der Waals surface area contributed by atoms with Crippen molar-refractivity contribution in [3.05, 3.63) is 33.9 Å². The zero-order valence-electron chi connectivity index (χ0n) is 9.87. The SMILES string of the molecule is CC.Cc1ccc(C)c(-c2noc(=O)[nH]2)n1. The molecular formula is C11H15N3O2. The van der Waals surface area contributed by atoms with Crippen molar-refractivity contribution >= 4 is 0 Å². The highest BCUT2D eigenvalue weighted by Gasteiger charge is 2.08. The molecular weight excluding hydrogens is 206 g/mol. The smallest absolute Gasteiger partial charge is 0.296 e. The van der Waals surface area contributed by atoms with Crippen molar-refractivity contribution < 1.29 is 4.52 Å². The average Bonchev–Trinajstić information content (AvgIpc) is 2.71. The second-order valence-electron chi connectivity index (χ2n) is 3.06. The first kappa shape index (κ1) is 12.2. The molecule has 0 saturated carbocycles. The zero-order valence-corrected chi connectivity index (χ0v) is 9.87. The van der Waals surface area contributed by atoms with Gasteiger partial charge >= 0.3 is 5.76 Å². The highest BCUT2D eigenvalue weighted by atomic mass is 16.5. The van der Waals surface area contributed by atoms with E-state index in [1.807, 2.05) is 39.8 Å². The van der Waals surface area contributed by atoms with Crippen LogP contribution in [0.25, 0.3) is 11.5 Å². The molecule has 0 aromatic carbocycles. The van der Waals surface area contributed by atoms with E-state index in [-0.39, 0.29) is 0 Å². The first-order valence-electron chi connectivity index (χ1n) is 5.17. The molecule has 0 fully saturated rings. The van der Waals surface area contributed by atoms with Crippen LogP contribution in [0.5, 0.6) is 0 Å². The summed E-state index contributed by atoms with van der Waals surface area (Å²) >= 11 is 0. The third kappa shape index (κ3) is 2.56. The molecule has 2 heterocycles. The molecule has 5 heteroatoms. The van der Waals surface area contributed by atoms with E-state index >= 15 is 0 Å². The Morgan fingerprint density at radius 2 is 1.94 bits per heavy atom. The second-order valence-corrected chi connectivity index (χ2v) is 3.06. The highest BCUT2D eigenvalue weighted by Crippen LogP contribution is 2.15. The minimum absolute atomic E-state index is 0.371. The van der Waals surface area contributed by atoms with Crippen molar-refractivity contribution in [1.29, 1.82) is 0 Å². The van der Waals surface area contributed by atoms with Gasteiger partial charge in [0.05, 0.1) is 0 Å². The van der Waals surface area contributed by atoms with Crippen molar-refractivity contribution in [1.82, 2.24) is 15.1 Å². The zero-order chi connectivity index (χ0) is 12.1. The molecule has 5 nitrogen and oxygen atoms in total. The van der Waals surface area contributed by atoms with Gasteiger partial charge in [-0.05, 0) is 25.5 Å². The summed E-state index contributed by atoms with van der Waals surface area (Å²) in [5, 5.41) is 3.58. The Labute approximate surface area is 93.5 Å². The van der Waals surface area contributed by atoms with Crippen molar-refractivity contribution in [3.63, 3.8) is 0 Å². The number of hydrogen-bond acceptors (Lipinski definition) is 4. The van der Waals surface area contributed by atoms with Crippen LogP contribution in [0.4, 0.5) is 0 Å². The summed E-state index contributed by atoms with van der Waals surface area (Å²) < 4.78 is 4.41. The molecule has 0 radical (unpaired) electrons. The molecule has 0 aliphatic rings.